The minimum atomic E-state index is -0.209. The third kappa shape index (κ3) is 2.01. The molecular formula is C15H14FN7S. The van der Waals surface area contributed by atoms with Crippen LogP contribution in [0.25, 0.3) is 11.2 Å². The number of aromatic nitrogens is 4. The summed E-state index contributed by atoms with van der Waals surface area (Å²) in [6.07, 6.45) is 1.04. The third-order valence-electron chi connectivity index (χ3n) is 4.79. The molecule has 1 aromatic carbocycles. The summed E-state index contributed by atoms with van der Waals surface area (Å²) in [7, 11) is 0. The Kier molecular flexibility index (Phi) is 2.87. The SMILES string of the molecule is Nc1nc(N2C[C@@H]3C[C@@H]2CN3c2ccc(F)cc2)c2nsnc2n1. The molecule has 9 heteroatoms. The Balaban J connectivity index is 1.46. The van der Waals surface area contributed by atoms with E-state index in [9.17, 15) is 4.39 Å². The predicted molar refractivity (Wildman–Crippen MR) is 90.7 cm³/mol. The number of halogens is 1. The maximum Gasteiger partial charge on any atom is 0.224 e. The second-order valence-corrected chi connectivity index (χ2v) is 6.69. The Labute approximate surface area is 141 Å². The van der Waals surface area contributed by atoms with Gasteiger partial charge < -0.3 is 15.5 Å². The molecule has 2 bridgehead atoms. The quantitative estimate of drug-likeness (QED) is 0.757. The van der Waals surface area contributed by atoms with Crippen LogP contribution in [0.4, 0.5) is 21.8 Å². The van der Waals surface area contributed by atoms with Crippen molar-refractivity contribution in [2.75, 3.05) is 28.6 Å². The zero-order valence-corrected chi connectivity index (χ0v) is 13.4. The van der Waals surface area contributed by atoms with Crippen LogP contribution in [0.1, 0.15) is 6.42 Å². The second kappa shape index (κ2) is 4.97. The lowest BCUT2D eigenvalue weighted by atomic mass is 10.2. The first-order valence-electron chi connectivity index (χ1n) is 7.73. The highest BCUT2D eigenvalue weighted by atomic mass is 32.1. The Morgan fingerprint density at radius 2 is 1.79 bits per heavy atom. The number of nitrogens with zero attached hydrogens (tertiary/aromatic N) is 6. The summed E-state index contributed by atoms with van der Waals surface area (Å²) in [5, 5.41) is 0. The fourth-order valence-electron chi connectivity index (χ4n) is 3.77. The van der Waals surface area contributed by atoms with E-state index in [-0.39, 0.29) is 11.8 Å². The smallest absolute Gasteiger partial charge is 0.224 e. The van der Waals surface area contributed by atoms with Gasteiger partial charge >= 0.3 is 0 Å². The number of hydrogen-bond acceptors (Lipinski definition) is 8. The topological polar surface area (TPSA) is 84.1 Å². The van der Waals surface area contributed by atoms with Crippen LogP contribution in [-0.4, -0.2) is 43.9 Å². The molecule has 7 nitrogen and oxygen atoms in total. The monoisotopic (exact) mass is 343 g/mol. The van der Waals surface area contributed by atoms with E-state index >= 15 is 0 Å². The highest BCUT2D eigenvalue weighted by molar-refractivity contribution is 7.00. The number of nitrogens with two attached hydrogens (primary N) is 1. The van der Waals surface area contributed by atoms with E-state index in [4.69, 9.17) is 5.73 Å². The average molecular weight is 343 g/mol. The maximum absolute atomic E-state index is 13.1. The fraction of sp³-hybridized carbons (Fsp3) is 0.333. The summed E-state index contributed by atoms with van der Waals surface area (Å²) in [5.74, 6) is 0.792. The highest BCUT2D eigenvalue weighted by Crippen LogP contribution is 2.38. The zero-order valence-electron chi connectivity index (χ0n) is 12.6. The average Bonchev–Trinajstić information content (AvgIpc) is 3.29. The highest BCUT2D eigenvalue weighted by Gasteiger charge is 2.44. The van der Waals surface area contributed by atoms with Gasteiger partial charge in [-0.2, -0.15) is 18.7 Å². The van der Waals surface area contributed by atoms with Crippen molar-refractivity contribution in [2.24, 2.45) is 0 Å². The van der Waals surface area contributed by atoms with Crippen LogP contribution in [0.3, 0.4) is 0 Å². The fourth-order valence-corrected chi connectivity index (χ4v) is 4.26. The zero-order chi connectivity index (χ0) is 16.3. The molecule has 2 N–H and O–H groups in total. The summed E-state index contributed by atoms with van der Waals surface area (Å²) in [5.41, 5.74) is 8.16. The molecule has 2 aliphatic rings. The van der Waals surface area contributed by atoms with E-state index in [1.165, 1.54) is 12.1 Å². The van der Waals surface area contributed by atoms with Crippen LogP contribution in [-0.2, 0) is 0 Å². The van der Waals surface area contributed by atoms with Gasteiger partial charge in [-0.05, 0) is 30.7 Å². The first kappa shape index (κ1) is 13.8. The third-order valence-corrected chi connectivity index (χ3v) is 5.31. The van der Waals surface area contributed by atoms with Gasteiger partial charge in [-0.1, -0.05) is 0 Å². The summed E-state index contributed by atoms with van der Waals surface area (Å²) in [4.78, 5) is 13.1. The summed E-state index contributed by atoms with van der Waals surface area (Å²) in [6.45, 7) is 1.71. The van der Waals surface area contributed by atoms with Crippen molar-refractivity contribution >= 4 is 40.3 Å². The van der Waals surface area contributed by atoms with Crippen LogP contribution in [0.2, 0.25) is 0 Å². The molecular weight excluding hydrogens is 329 g/mol. The van der Waals surface area contributed by atoms with Crippen molar-refractivity contribution in [1.82, 2.24) is 18.7 Å². The first-order valence-corrected chi connectivity index (χ1v) is 8.47. The van der Waals surface area contributed by atoms with Crippen molar-refractivity contribution in [2.45, 2.75) is 18.5 Å². The maximum atomic E-state index is 13.1. The summed E-state index contributed by atoms with van der Waals surface area (Å²) < 4.78 is 21.6. The number of piperazine rings is 1. The van der Waals surface area contributed by atoms with Crippen LogP contribution in [0.5, 0.6) is 0 Å². The van der Waals surface area contributed by atoms with Crippen molar-refractivity contribution in [3.05, 3.63) is 30.1 Å². The van der Waals surface area contributed by atoms with Gasteiger partial charge in [-0.3, -0.25) is 0 Å². The van der Waals surface area contributed by atoms with Gasteiger partial charge in [0.25, 0.3) is 0 Å². The molecule has 5 rings (SSSR count). The van der Waals surface area contributed by atoms with Crippen LogP contribution >= 0.6 is 11.7 Å². The molecule has 0 unspecified atom stereocenters. The predicted octanol–water partition coefficient (Wildman–Crippen LogP) is 1.67. The number of anilines is 3. The van der Waals surface area contributed by atoms with Crippen molar-refractivity contribution in [3.8, 4) is 0 Å². The van der Waals surface area contributed by atoms with Gasteiger partial charge in [0, 0.05) is 24.8 Å². The second-order valence-electron chi connectivity index (χ2n) is 6.17. The Bertz CT molecular complexity index is 912. The lowest BCUT2D eigenvalue weighted by Gasteiger charge is -2.36. The van der Waals surface area contributed by atoms with E-state index in [0.29, 0.717) is 17.7 Å². The lowest BCUT2D eigenvalue weighted by molar-refractivity contribution is 0.623. The van der Waals surface area contributed by atoms with Crippen LogP contribution in [0, 0.1) is 5.82 Å². The molecule has 4 heterocycles. The first-order chi connectivity index (χ1) is 11.7. The standard InChI is InChI=1S/C15H14FN7S/c16-8-1-3-9(4-2-8)22-6-11-5-10(22)7-23(11)14-12-13(21-24-20-12)18-15(17)19-14/h1-4,10-11H,5-7H2,(H2,17,18,21)/t10-,11+/m0/s1. The number of nitrogen functional groups attached to an aromatic ring is 1. The van der Waals surface area contributed by atoms with E-state index in [0.717, 1.165) is 48.3 Å². The molecule has 0 radical (unpaired) electrons. The van der Waals surface area contributed by atoms with Gasteiger partial charge in [0.15, 0.2) is 11.3 Å². The molecule has 2 aromatic heterocycles. The molecule has 2 aliphatic heterocycles. The molecule has 2 fully saturated rings. The molecule has 0 saturated carbocycles. The molecule has 24 heavy (non-hydrogen) atoms. The van der Waals surface area contributed by atoms with E-state index in [1.54, 1.807) is 0 Å². The number of fused-ring (bicyclic) bond motifs is 3. The number of benzene rings is 1. The summed E-state index contributed by atoms with van der Waals surface area (Å²) >= 11 is 1.12. The van der Waals surface area contributed by atoms with E-state index in [2.05, 4.69) is 28.5 Å². The minimum absolute atomic E-state index is 0.209. The number of rotatable bonds is 2. The van der Waals surface area contributed by atoms with Crippen LogP contribution in [0.15, 0.2) is 24.3 Å². The van der Waals surface area contributed by atoms with Gasteiger partial charge in [-0.15, -0.1) is 0 Å². The Morgan fingerprint density at radius 3 is 2.54 bits per heavy atom. The van der Waals surface area contributed by atoms with Crippen molar-refractivity contribution in [3.63, 3.8) is 0 Å². The summed E-state index contributed by atoms with van der Waals surface area (Å²) in [6, 6.07) is 7.40. The largest absolute Gasteiger partial charge is 0.368 e. The molecule has 0 aliphatic carbocycles. The van der Waals surface area contributed by atoms with Gasteiger partial charge in [0.2, 0.25) is 11.6 Å². The Morgan fingerprint density at radius 1 is 1.04 bits per heavy atom. The normalized spacial score (nSPS) is 22.7. The molecule has 2 atom stereocenters. The molecule has 2 saturated heterocycles. The van der Waals surface area contributed by atoms with E-state index < -0.39 is 0 Å². The van der Waals surface area contributed by atoms with Crippen LogP contribution < -0.4 is 15.5 Å². The van der Waals surface area contributed by atoms with Gasteiger partial charge in [0.05, 0.1) is 17.8 Å². The lowest BCUT2D eigenvalue weighted by Crippen LogP contribution is -2.47. The molecule has 3 aromatic rings. The minimum Gasteiger partial charge on any atom is -0.368 e. The number of hydrogen-bond donors (Lipinski definition) is 1. The van der Waals surface area contributed by atoms with Crippen molar-refractivity contribution in [1.29, 1.82) is 0 Å². The molecule has 0 amide bonds. The van der Waals surface area contributed by atoms with E-state index in [1.807, 2.05) is 12.1 Å². The Hall–Kier alpha value is -2.55. The van der Waals surface area contributed by atoms with Gasteiger partial charge in [0.1, 0.15) is 5.82 Å². The van der Waals surface area contributed by atoms with Gasteiger partial charge in [-0.25, -0.2) is 4.39 Å². The van der Waals surface area contributed by atoms with Crippen molar-refractivity contribution < 1.29 is 4.39 Å². The molecule has 0 spiro atoms. The molecule has 122 valence electrons.